The molecule has 0 radical (unpaired) electrons. The second-order valence-corrected chi connectivity index (χ2v) is 3.79. The monoisotopic (exact) mass is 197 g/mol. The third-order valence-electron chi connectivity index (χ3n) is 2.48. The molecule has 0 aromatic heterocycles. The van der Waals surface area contributed by atoms with Gasteiger partial charge in [0.05, 0.1) is 0 Å². The van der Waals surface area contributed by atoms with Gasteiger partial charge in [0, 0.05) is 12.1 Å². The van der Waals surface area contributed by atoms with Crippen LogP contribution in [0.3, 0.4) is 0 Å². The van der Waals surface area contributed by atoms with Crippen LogP contribution in [0.4, 0.5) is 8.78 Å². The van der Waals surface area contributed by atoms with Crippen LogP contribution in [-0.2, 0) is 6.54 Å². The molecule has 3 heteroatoms. The molecule has 0 spiro atoms. The van der Waals surface area contributed by atoms with Crippen LogP contribution in [-0.4, -0.2) is 6.54 Å². The molecule has 0 aliphatic heterocycles. The zero-order valence-electron chi connectivity index (χ0n) is 7.89. The summed E-state index contributed by atoms with van der Waals surface area (Å²) in [6.07, 6.45) is 2.53. The molecule has 0 unspecified atom stereocenters. The molecular weight excluding hydrogens is 184 g/mol. The van der Waals surface area contributed by atoms with Gasteiger partial charge in [0.15, 0.2) is 11.6 Å². The van der Waals surface area contributed by atoms with Crippen LogP contribution in [0, 0.1) is 17.6 Å². The molecular formula is C11H13F2N. The van der Waals surface area contributed by atoms with Crippen molar-refractivity contribution in [2.45, 2.75) is 19.4 Å². The van der Waals surface area contributed by atoms with E-state index in [0.717, 1.165) is 18.5 Å². The summed E-state index contributed by atoms with van der Waals surface area (Å²) in [6, 6.07) is 4.28. The highest BCUT2D eigenvalue weighted by atomic mass is 19.2. The molecule has 1 saturated carbocycles. The average molecular weight is 197 g/mol. The fourth-order valence-electron chi connectivity index (χ4n) is 1.42. The normalized spacial score (nSPS) is 15.9. The van der Waals surface area contributed by atoms with E-state index in [-0.39, 0.29) is 0 Å². The van der Waals surface area contributed by atoms with Crippen LogP contribution in [0.2, 0.25) is 0 Å². The van der Waals surface area contributed by atoms with E-state index in [0.29, 0.717) is 12.1 Å². The molecule has 0 saturated heterocycles. The molecule has 0 atom stereocenters. The lowest BCUT2D eigenvalue weighted by molar-refractivity contribution is 0.491. The number of hydrogen-bond acceptors (Lipinski definition) is 1. The summed E-state index contributed by atoms with van der Waals surface area (Å²) in [5, 5.41) is 3.12. The van der Waals surface area contributed by atoms with Crippen molar-refractivity contribution in [3.8, 4) is 0 Å². The minimum atomic E-state index is -0.768. The van der Waals surface area contributed by atoms with E-state index in [9.17, 15) is 8.78 Å². The van der Waals surface area contributed by atoms with E-state index in [1.54, 1.807) is 6.07 Å². The predicted molar refractivity (Wildman–Crippen MR) is 50.8 cm³/mol. The standard InChI is InChI=1S/C11H13F2N/c12-10-3-1-2-9(11(10)13)7-14-6-8-4-5-8/h1-3,8,14H,4-7H2. The molecule has 1 aromatic rings. The summed E-state index contributed by atoms with van der Waals surface area (Å²) < 4.78 is 25.9. The zero-order chi connectivity index (χ0) is 9.97. The van der Waals surface area contributed by atoms with Gasteiger partial charge in [-0.25, -0.2) is 8.78 Å². The summed E-state index contributed by atoms with van der Waals surface area (Å²) in [7, 11) is 0. The summed E-state index contributed by atoms with van der Waals surface area (Å²) >= 11 is 0. The van der Waals surface area contributed by atoms with Crippen molar-refractivity contribution in [2.24, 2.45) is 5.92 Å². The lowest BCUT2D eigenvalue weighted by atomic mass is 10.2. The van der Waals surface area contributed by atoms with Crippen molar-refractivity contribution >= 4 is 0 Å². The third-order valence-corrected chi connectivity index (χ3v) is 2.48. The molecule has 14 heavy (non-hydrogen) atoms. The molecule has 0 bridgehead atoms. The Labute approximate surface area is 82.1 Å². The Bertz CT molecular complexity index is 321. The summed E-state index contributed by atoms with van der Waals surface area (Å²) in [5.74, 6) is -0.738. The van der Waals surface area contributed by atoms with Gasteiger partial charge in [-0.2, -0.15) is 0 Å². The second kappa shape index (κ2) is 4.05. The SMILES string of the molecule is Fc1cccc(CNCC2CC2)c1F. The van der Waals surface area contributed by atoms with Gasteiger partial charge < -0.3 is 5.32 Å². The molecule has 1 N–H and O–H groups in total. The molecule has 0 amide bonds. The summed E-state index contributed by atoms with van der Waals surface area (Å²) in [6.45, 7) is 1.33. The molecule has 0 heterocycles. The van der Waals surface area contributed by atoms with Gasteiger partial charge in [-0.1, -0.05) is 12.1 Å². The highest BCUT2D eigenvalue weighted by Gasteiger charge is 2.20. The van der Waals surface area contributed by atoms with Crippen LogP contribution in [0.5, 0.6) is 0 Å². The Morgan fingerprint density at radius 3 is 2.79 bits per heavy atom. The first-order chi connectivity index (χ1) is 6.77. The van der Waals surface area contributed by atoms with E-state index in [2.05, 4.69) is 5.32 Å². The van der Waals surface area contributed by atoms with Crippen LogP contribution < -0.4 is 5.32 Å². The number of rotatable bonds is 4. The minimum Gasteiger partial charge on any atom is -0.312 e. The van der Waals surface area contributed by atoms with Crippen molar-refractivity contribution < 1.29 is 8.78 Å². The molecule has 1 aliphatic rings. The van der Waals surface area contributed by atoms with Crippen LogP contribution in [0.15, 0.2) is 18.2 Å². The van der Waals surface area contributed by atoms with Gasteiger partial charge in [0.25, 0.3) is 0 Å². The summed E-state index contributed by atoms with van der Waals surface area (Å²) in [4.78, 5) is 0. The Kier molecular flexibility index (Phi) is 2.77. The van der Waals surface area contributed by atoms with Gasteiger partial charge in [-0.15, -0.1) is 0 Å². The van der Waals surface area contributed by atoms with Gasteiger partial charge >= 0.3 is 0 Å². The highest BCUT2D eigenvalue weighted by Crippen LogP contribution is 2.27. The van der Waals surface area contributed by atoms with E-state index in [4.69, 9.17) is 0 Å². The van der Waals surface area contributed by atoms with Gasteiger partial charge in [-0.3, -0.25) is 0 Å². The van der Waals surface area contributed by atoms with Crippen molar-refractivity contribution in [3.05, 3.63) is 35.4 Å². The topological polar surface area (TPSA) is 12.0 Å². The number of nitrogens with one attached hydrogen (secondary N) is 1. The zero-order valence-corrected chi connectivity index (χ0v) is 7.89. The average Bonchev–Trinajstić information content (AvgIpc) is 2.96. The quantitative estimate of drug-likeness (QED) is 0.781. The first-order valence-electron chi connectivity index (χ1n) is 4.91. The molecule has 1 nitrogen and oxygen atoms in total. The maximum Gasteiger partial charge on any atom is 0.163 e. The fraction of sp³-hybridized carbons (Fsp3) is 0.455. The largest absolute Gasteiger partial charge is 0.312 e. The maximum absolute atomic E-state index is 13.1. The van der Waals surface area contributed by atoms with Crippen molar-refractivity contribution in [1.82, 2.24) is 5.32 Å². The van der Waals surface area contributed by atoms with Gasteiger partial charge in [-0.05, 0) is 31.4 Å². The predicted octanol–water partition coefficient (Wildman–Crippen LogP) is 2.46. The molecule has 76 valence electrons. The Morgan fingerprint density at radius 2 is 2.07 bits per heavy atom. The second-order valence-electron chi connectivity index (χ2n) is 3.79. The van der Waals surface area contributed by atoms with E-state index >= 15 is 0 Å². The molecule has 1 aliphatic carbocycles. The van der Waals surface area contributed by atoms with E-state index < -0.39 is 11.6 Å². The Hall–Kier alpha value is -0.960. The molecule has 1 fully saturated rings. The van der Waals surface area contributed by atoms with E-state index in [1.165, 1.54) is 18.9 Å². The van der Waals surface area contributed by atoms with Gasteiger partial charge in [0.2, 0.25) is 0 Å². The van der Waals surface area contributed by atoms with Gasteiger partial charge in [0.1, 0.15) is 0 Å². The first kappa shape index (κ1) is 9.59. The fourth-order valence-corrected chi connectivity index (χ4v) is 1.42. The van der Waals surface area contributed by atoms with Crippen molar-refractivity contribution in [2.75, 3.05) is 6.54 Å². The number of benzene rings is 1. The molecule has 1 aromatic carbocycles. The van der Waals surface area contributed by atoms with Crippen LogP contribution in [0.1, 0.15) is 18.4 Å². The lowest BCUT2D eigenvalue weighted by Gasteiger charge is -2.05. The highest BCUT2D eigenvalue weighted by molar-refractivity contribution is 5.18. The Morgan fingerprint density at radius 1 is 1.29 bits per heavy atom. The smallest absolute Gasteiger partial charge is 0.163 e. The third kappa shape index (κ3) is 2.29. The number of halogens is 2. The first-order valence-corrected chi connectivity index (χ1v) is 4.91. The van der Waals surface area contributed by atoms with Crippen molar-refractivity contribution in [1.29, 1.82) is 0 Å². The van der Waals surface area contributed by atoms with Crippen LogP contribution in [0.25, 0.3) is 0 Å². The van der Waals surface area contributed by atoms with E-state index in [1.807, 2.05) is 0 Å². The maximum atomic E-state index is 13.1. The Balaban J connectivity index is 1.90. The number of hydrogen-bond donors (Lipinski definition) is 1. The summed E-state index contributed by atoms with van der Waals surface area (Å²) in [5.41, 5.74) is 0.408. The van der Waals surface area contributed by atoms with Crippen molar-refractivity contribution in [3.63, 3.8) is 0 Å². The lowest BCUT2D eigenvalue weighted by Crippen LogP contribution is -2.17. The van der Waals surface area contributed by atoms with Crippen LogP contribution >= 0.6 is 0 Å². The minimum absolute atomic E-state index is 0.408. The molecule has 2 rings (SSSR count).